The van der Waals surface area contributed by atoms with Crippen LogP contribution in [0, 0.1) is 11.8 Å². The van der Waals surface area contributed by atoms with Gasteiger partial charge in [-0.1, -0.05) is 25.4 Å². The summed E-state index contributed by atoms with van der Waals surface area (Å²) in [7, 11) is -3.70. The van der Waals surface area contributed by atoms with Gasteiger partial charge in [-0.3, -0.25) is 4.79 Å². The van der Waals surface area contributed by atoms with Crippen molar-refractivity contribution in [2.24, 2.45) is 11.8 Å². The first-order chi connectivity index (χ1) is 14.4. The summed E-state index contributed by atoms with van der Waals surface area (Å²) in [4.78, 5) is 12.5. The summed E-state index contributed by atoms with van der Waals surface area (Å²) in [5.74, 6) is -0.202. The van der Waals surface area contributed by atoms with Gasteiger partial charge in [0.05, 0.1) is 21.2 Å². The van der Waals surface area contributed by atoms with Crippen molar-refractivity contribution < 1.29 is 26.4 Å². The van der Waals surface area contributed by atoms with Crippen LogP contribution in [0.5, 0.6) is 0 Å². The zero-order valence-electron chi connectivity index (χ0n) is 16.9. The first-order valence-corrected chi connectivity index (χ1v) is 11.5. The van der Waals surface area contributed by atoms with Crippen molar-refractivity contribution in [2.75, 3.05) is 18.4 Å². The fraction of sp³-hybridized carbons (Fsp3) is 0.381. The van der Waals surface area contributed by atoms with Crippen molar-refractivity contribution in [3.63, 3.8) is 0 Å². The normalized spacial score (nSPS) is 20.5. The predicted molar refractivity (Wildman–Crippen MR) is 113 cm³/mol. The molecule has 3 rings (SSSR count). The topological polar surface area (TPSA) is 66.5 Å². The zero-order chi connectivity index (χ0) is 23.0. The second-order valence-corrected chi connectivity index (χ2v) is 10.3. The van der Waals surface area contributed by atoms with E-state index < -0.39 is 27.7 Å². The Balaban J connectivity index is 1.78. The Kier molecular flexibility index (Phi) is 6.69. The van der Waals surface area contributed by atoms with Crippen LogP contribution in [0.3, 0.4) is 0 Å². The second-order valence-electron chi connectivity index (χ2n) is 7.94. The van der Waals surface area contributed by atoms with Crippen molar-refractivity contribution in [3.8, 4) is 0 Å². The Morgan fingerprint density at radius 3 is 2.19 bits per heavy atom. The Morgan fingerprint density at radius 1 is 1.06 bits per heavy atom. The minimum Gasteiger partial charge on any atom is -0.321 e. The van der Waals surface area contributed by atoms with Gasteiger partial charge in [-0.15, -0.1) is 0 Å². The molecule has 1 N–H and O–H groups in total. The Morgan fingerprint density at radius 2 is 1.65 bits per heavy atom. The largest absolute Gasteiger partial charge is 0.416 e. The van der Waals surface area contributed by atoms with Gasteiger partial charge in [0.25, 0.3) is 5.91 Å². The maximum Gasteiger partial charge on any atom is 0.416 e. The average Bonchev–Trinajstić information content (AvgIpc) is 2.68. The fourth-order valence-corrected chi connectivity index (χ4v) is 5.57. The molecule has 1 heterocycles. The highest BCUT2D eigenvalue weighted by atomic mass is 35.5. The Hall–Kier alpha value is -2.10. The van der Waals surface area contributed by atoms with Gasteiger partial charge >= 0.3 is 6.18 Å². The van der Waals surface area contributed by atoms with E-state index in [1.165, 1.54) is 28.6 Å². The SMILES string of the molecule is C[C@@H]1C[C@H](C)CN(S(=O)(=O)c2ccc(C(=O)Nc3cc(C(F)(F)F)ccc3Cl)cc2)C1. The van der Waals surface area contributed by atoms with Crippen LogP contribution in [-0.4, -0.2) is 31.7 Å². The molecule has 0 spiro atoms. The molecule has 0 radical (unpaired) electrons. The van der Waals surface area contributed by atoms with Crippen LogP contribution >= 0.6 is 11.6 Å². The smallest absolute Gasteiger partial charge is 0.321 e. The van der Waals surface area contributed by atoms with Crippen LogP contribution in [-0.2, 0) is 16.2 Å². The number of nitrogens with one attached hydrogen (secondary N) is 1. The lowest BCUT2D eigenvalue weighted by Gasteiger charge is -2.34. The summed E-state index contributed by atoms with van der Waals surface area (Å²) >= 11 is 5.91. The van der Waals surface area contributed by atoms with Crippen molar-refractivity contribution in [1.82, 2.24) is 4.31 Å². The number of carbonyl (C=O) groups excluding carboxylic acids is 1. The van der Waals surface area contributed by atoms with Crippen LogP contribution in [0.25, 0.3) is 0 Å². The summed E-state index contributed by atoms with van der Waals surface area (Å²) in [5, 5.41) is 2.29. The lowest BCUT2D eigenvalue weighted by atomic mass is 9.94. The highest BCUT2D eigenvalue weighted by Crippen LogP contribution is 2.34. The first kappa shape index (κ1) is 23.6. The third-order valence-electron chi connectivity index (χ3n) is 5.13. The highest BCUT2D eigenvalue weighted by Gasteiger charge is 2.32. The molecular formula is C21H22ClF3N2O3S. The number of hydrogen-bond acceptors (Lipinski definition) is 3. The highest BCUT2D eigenvalue weighted by molar-refractivity contribution is 7.89. The van der Waals surface area contributed by atoms with Gasteiger partial charge in [0.15, 0.2) is 0 Å². The molecule has 1 aliphatic heterocycles. The number of carbonyl (C=O) groups is 1. The summed E-state index contributed by atoms with van der Waals surface area (Å²) in [6.07, 6.45) is -3.62. The van der Waals surface area contributed by atoms with E-state index >= 15 is 0 Å². The fourth-order valence-electron chi connectivity index (χ4n) is 3.72. The van der Waals surface area contributed by atoms with E-state index in [2.05, 4.69) is 5.32 Å². The minimum absolute atomic E-state index is 0.0473. The lowest BCUT2D eigenvalue weighted by Crippen LogP contribution is -2.42. The zero-order valence-corrected chi connectivity index (χ0v) is 18.5. The standard InChI is InChI=1S/C21H22ClF3N2O3S/c1-13-9-14(2)12-27(11-13)31(29,30)17-6-3-15(4-7-17)20(28)26-19-10-16(21(23,24)25)5-8-18(19)22/h3-8,10,13-14H,9,11-12H2,1-2H3,(H,26,28)/t13-,14+. The number of hydrogen-bond donors (Lipinski definition) is 1. The molecule has 1 amide bonds. The van der Waals surface area contributed by atoms with Gasteiger partial charge < -0.3 is 5.32 Å². The molecule has 0 saturated carbocycles. The number of halogens is 4. The summed E-state index contributed by atoms with van der Waals surface area (Å²) in [6.45, 7) is 4.88. The Labute approximate surface area is 184 Å². The van der Waals surface area contributed by atoms with Gasteiger partial charge in [-0.05, 0) is 60.7 Å². The molecule has 0 aliphatic carbocycles. The monoisotopic (exact) mass is 474 g/mol. The predicted octanol–water partition coefficient (Wildman–Crippen LogP) is 5.28. The third kappa shape index (κ3) is 5.39. The minimum atomic E-state index is -4.58. The molecule has 2 aromatic rings. The van der Waals surface area contributed by atoms with Crippen LogP contribution in [0.2, 0.25) is 5.02 Å². The van der Waals surface area contributed by atoms with Crippen molar-refractivity contribution in [2.45, 2.75) is 31.3 Å². The summed E-state index contributed by atoms with van der Waals surface area (Å²) in [6, 6.07) is 7.90. The van der Waals surface area contributed by atoms with Gasteiger partial charge in [0.1, 0.15) is 0 Å². The summed E-state index contributed by atoms with van der Waals surface area (Å²) < 4.78 is 66.0. The van der Waals surface area contributed by atoms with E-state index in [1.54, 1.807) is 0 Å². The van der Waals surface area contributed by atoms with Crippen molar-refractivity contribution in [1.29, 1.82) is 0 Å². The summed E-state index contributed by atoms with van der Waals surface area (Å²) in [5.41, 5.74) is -1.04. The Bertz CT molecular complexity index is 1060. The molecule has 0 aromatic heterocycles. The quantitative estimate of drug-likeness (QED) is 0.655. The second kappa shape index (κ2) is 8.80. The number of benzene rings is 2. The number of amides is 1. The van der Waals surface area contributed by atoms with Crippen molar-refractivity contribution >= 4 is 33.2 Å². The lowest BCUT2D eigenvalue weighted by molar-refractivity contribution is -0.137. The maximum atomic E-state index is 12.9. The third-order valence-corrected chi connectivity index (χ3v) is 7.31. The number of anilines is 1. The van der Waals surface area contributed by atoms with E-state index in [4.69, 9.17) is 11.6 Å². The van der Waals surface area contributed by atoms with Crippen LogP contribution in [0.4, 0.5) is 18.9 Å². The number of sulfonamides is 1. The number of piperidine rings is 1. The number of alkyl halides is 3. The van der Waals surface area contributed by atoms with E-state index in [0.717, 1.165) is 24.6 Å². The molecule has 1 aliphatic rings. The molecule has 0 bridgehead atoms. The molecule has 0 unspecified atom stereocenters. The van der Waals surface area contributed by atoms with Crippen LogP contribution in [0.15, 0.2) is 47.4 Å². The van der Waals surface area contributed by atoms with Gasteiger partial charge in [0, 0.05) is 18.7 Å². The molecule has 1 saturated heterocycles. The molecule has 2 atom stereocenters. The van der Waals surface area contributed by atoms with Gasteiger partial charge in [0.2, 0.25) is 10.0 Å². The molecule has 5 nitrogen and oxygen atoms in total. The number of nitrogens with zero attached hydrogens (tertiary/aromatic N) is 1. The molecule has 10 heteroatoms. The number of rotatable bonds is 4. The first-order valence-electron chi connectivity index (χ1n) is 9.66. The van der Waals surface area contributed by atoms with Crippen LogP contribution in [0.1, 0.15) is 36.2 Å². The van der Waals surface area contributed by atoms with E-state index in [-0.39, 0.29) is 33.0 Å². The van der Waals surface area contributed by atoms with E-state index in [9.17, 15) is 26.4 Å². The van der Waals surface area contributed by atoms with Gasteiger partial charge in [-0.2, -0.15) is 17.5 Å². The van der Waals surface area contributed by atoms with E-state index in [1.807, 2.05) is 13.8 Å². The molecule has 168 valence electrons. The van der Waals surface area contributed by atoms with E-state index in [0.29, 0.717) is 13.1 Å². The maximum absolute atomic E-state index is 12.9. The molecular weight excluding hydrogens is 453 g/mol. The molecule has 31 heavy (non-hydrogen) atoms. The average molecular weight is 475 g/mol. The molecule has 2 aromatic carbocycles. The van der Waals surface area contributed by atoms with Crippen molar-refractivity contribution in [3.05, 3.63) is 58.6 Å². The van der Waals surface area contributed by atoms with Gasteiger partial charge in [-0.25, -0.2) is 8.42 Å². The molecule has 1 fully saturated rings. The van der Waals surface area contributed by atoms with Crippen LogP contribution < -0.4 is 5.32 Å².